The molecule has 0 fully saturated rings. The second kappa shape index (κ2) is 3.37. The van der Waals surface area contributed by atoms with Crippen LogP contribution in [0.25, 0.3) is 0 Å². The maximum Gasteiger partial charge on any atom is 0.330 e. The third-order valence-electron chi connectivity index (χ3n) is 0.692. The van der Waals surface area contributed by atoms with Crippen LogP contribution in [0.4, 0.5) is 0 Å². The number of hydrogen-bond acceptors (Lipinski definition) is 3. The molecule has 3 heteroatoms. The fourth-order valence-electron chi connectivity index (χ4n) is 0.286. The van der Waals surface area contributed by atoms with Crippen LogP contribution < -0.4 is 0 Å². The van der Waals surface area contributed by atoms with Crippen molar-refractivity contribution < 1.29 is 14.6 Å². The Hall–Kier alpha value is -0.830. The summed E-state index contributed by atoms with van der Waals surface area (Å²) in [7, 11) is 0. The molecular weight excluding hydrogens is 132 g/mol. The molecule has 0 saturated heterocycles. The molecule has 1 atom stereocenters. The number of ether oxygens (including phenoxy) is 1. The predicted octanol–water partition coefficient (Wildman–Crippen LogP) is 0.301. The molecule has 0 heterocycles. The van der Waals surface area contributed by atoms with Crippen molar-refractivity contribution in [3.63, 3.8) is 0 Å². The van der Waals surface area contributed by atoms with E-state index in [1.165, 1.54) is 6.92 Å². The zero-order chi connectivity index (χ0) is 8.20. The fraction of sp³-hybridized carbons (Fsp3) is 0.429. The molecule has 1 unspecified atom stereocenters. The van der Waals surface area contributed by atoms with Gasteiger partial charge in [-0.1, -0.05) is 6.58 Å². The first kappa shape index (κ1) is 9.17. The molecule has 57 valence electrons. The van der Waals surface area contributed by atoms with Crippen molar-refractivity contribution in [1.82, 2.24) is 0 Å². The molecule has 0 rings (SSSR count). The number of carbonyl (C=O) groups is 1. The van der Waals surface area contributed by atoms with Crippen LogP contribution in [0.3, 0.4) is 0 Å². The van der Waals surface area contributed by atoms with Gasteiger partial charge in [-0.05, 0) is 13.8 Å². The van der Waals surface area contributed by atoms with Crippen molar-refractivity contribution in [1.29, 1.82) is 0 Å². The second-order valence-electron chi connectivity index (χ2n) is 2.31. The van der Waals surface area contributed by atoms with Gasteiger partial charge in [-0.2, -0.15) is 0 Å². The van der Waals surface area contributed by atoms with Crippen LogP contribution in [-0.4, -0.2) is 23.3 Å². The first-order chi connectivity index (χ1) is 4.45. The van der Waals surface area contributed by atoms with E-state index in [4.69, 9.17) is 5.11 Å². The molecular formula is C7H11O3. The van der Waals surface area contributed by atoms with Gasteiger partial charge >= 0.3 is 5.97 Å². The van der Waals surface area contributed by atoms with Crippen LogP contribution in [0.1, 0.15) is 6.92 Å². The SMILES string of the molecule is [CH2]C(C)(O)COC(=O)C=C. The smallest absolute Gasteiger partial charge is 0.330 e. The van der Waals surface area contributed by atoms with Gasteiger partial charge in [0.1, 0.15) is 6.61 Å². The van der Waals surface area contributed by atoms with Crippen LogP contribution in [0.15, 0.2) is 12.7 Å². The molecule has 0 bridgehead atoms. The first-order valence-electron chi connectivity index (χ1n) is 2.82. The van der Waals surface area contributed by atoms with E-state index >= 15 is 0 Å². The van der Waals surface area contributed by atoms with Gasteiger partial charge in [-0.15, -0.1) is 0 Å². The highest BCUT2D eigenvalue weighted by Gasteiger charge is 2.14. The Morgan fingerprint density at radius 3 is 2.70 bits per heavy atom. The van der Waals surface area contributed by atoms with Crippen molar-refractivity contribution >= 4 is 5.97 Å². The molecule has 0 aromatic heterocycles. The summed E-state index contributed by atoms with van der Waals surface area (Å²) in [6, 6.07) is 0. The zero-order valence-electron chi connectivity index (χ0n) is 5.96. The third kappa shape index (κ3) is 5.31. The predicted molar refractivity (Wildman–Crippen MR) is 37.1 cm³/mol. The molecule has 0 spiro atoms. The van der Waals surface area contributed by atoms with Gasteiger partial charge in [-0.25, -0.2) is 4.79 Å². The summed E-state index contributed by atoms with van der Waals surface area (Å²) >= 11 is 0. The molecule has 1 radical (unpaired) electrons. The second-order valence-corrected chi connectivity index (χ2v) is 2.31. The summed E-state index contributed by atoms with van der Waals surface area (Å²) in [5, 5.41) is 8.94. The normalized spacial score (nSPS) is 10.7. The lowest BCUT2D eigenvalue weighted by Crippen LogP contribution is -2.27. The summed E-state index contributed by atoms with van der Waals surface area (Å²) in [5.41, 5.74) is -1.21. The van der Waals surface area contributed by atoms with E-state index in [9.17, 15) is 4.79 Å². The number of hydrogen-bond donors (Lipinski definition) is 1. The summed E-state index contributed by atoms with van der Waals surface area (Å²) in [6.45, 7) is 7.84. The molecule has 1 N–H and O–H groups in total. The Morgan fingerprint density at radius 2 is 2.40 bits per heavy atom. The number of carbonyl (C=O) groups excluding carboxylic acids is 1. The molecule has 3 nitrogen and oxygen atoms in total. The van der Waals surface area contributed by atoms with Crippen molar-refractivity contribution in [2.24, 2.45) is 0 Å². The van der Waals surface area contributed by atoms with E-state index in [0.29, 0.717) is 0 Å². The summed E-state index contributed by atoms with van der Waals surface area (Å²) in [5.74, 6) is -0.552. The number of aliphatic hydroxyl groups is 1. The van der Waals surface area contributed by atoms with E-state index < -0.39 is 11.6 Å². The van der Waals surface area contributed by atoms with E-state index in [1.807, 2.05) is 0 Å². The van der Waals surface area contributed by atoms with Crippen LogP contribution in [0.2, 0.25) is 0 Å². The molecule has 0 aromatic rings. The van der Waals surface area contributed by atoms with Gasteiger partial charge in [0.05, 0.1) is 5.60 Å². The minimum atomic E-state index is -1.21. The quantitative estimate of drug-likeness (QED) is 0.456. The highest BCUT2D eigenvalue weighted by molar-refractivity contribution is 5.81. The maximum absolute atomic E-state index is 10.4. The van der Waals surface area contributed by atoms with Crippen molar-refractivity contribution in [2.45, 2.75) is 12.5 Å². The van der Waals surface area contributed by atoms with E-state index in [2.05, 4.69) is 18.2 Å². The Kier molecular flexibility index (Phi) is 3.09. The Morgan fingerprint density at radius 1 is 1.90 bits per heavy atom. The van der Waals surface area contributed by atoms with Gasteiger partial charge in [-0.3, -0.25) is 0 Å². The van der Waals surface area contributed by atoms with E-state index in [1.54, 1.807) is 0 Å². The minimum Gasteiger partial charge on any atom is -0.459 e. The van der Waals surface area contributed by atoms with Crippen molar-refractivity contribution in [2.75, 3.05) is 6.61 Å². The van der Waals surface area contributed by atoms with E-state index in [-0.39, 0.29) is 6.61 Å². The standard InChI is InChI=1S/C7H11O3/c1-4-6(8)10-5-7(2,3)9/h4,9H,1-2,5H2,3H3. The lowest BCUT2D eigenvalue weighted by molar-refractivity contribution is -0.142. The van der Waals surface area contributed by atoms with Crippen molar-refractivity contribution in [3.8, 4) is 0 Å². The Bertz CT molecular complexity index is 132. The average molecular weight is 143 g/mol. The lowest BCUT2D eigenvalue weighted by Gasteiger charge is -2.15. The Balaban J connectivity index is 3.55. The molecule has 10 heavy (non-hydrogen) atoms. The molecule has 0 aliphatic rings. The minimum absolute atomic E-state index is 0.113. The topological polar surface area (TPSA) is 46.5 Å². The lowest BCUT2D eigenvalue weighted by atomic mass is 10.2. The molecule has 0 aliphatic heterocycles. The van der Waals surface area contributed by atoms with Gasteiger partial charge < -0.3 is 9.84 Å². The summed E-state index contributed by atoms with van der Waals surface area (Å²) < 4.78 is 4.49. The summed E-state index contributed by atoms with van der Waals surface area (Å²) in [4.78, 5) is 10.4. The third-order valence-corrected chi connectivity index (χ3v) is 0.692. The van der Waals surface area contributed by atoms with Crippen LogP contribution in [0, 0.1) is 6.92 Å². The van der Waals surface area contributed by atoms with Crippen LogP contribution in [-0.2, 0) is 9.53 Å². The highest BCUT2D eigenvalue weighted by atomic mass is 16.5. The van der Waals surface area contributed by atoms with E-state index in [0.717, 1.165) is 6.08 Å². The number of esters is 1. The molecule has 0 aliphatic carbocycles. The highest BCUT2D eigenvalue weighted by Crippen LogP contribution is 1.99. The molecule has 0 saturated carbocycles. The van der Waals surface area contributed by atoms with Gasteiger partial charge in [0, 0.05) is 6.08 Å². The molecule has 0 amide bonds. The van der Waals surface area contributed by atoms with Gasteiger partial charge in [0.15, 0.2) is 0 Å². The van der Waals surface area contributed by atoms with Crippen LogP contribution >= 0.6 is 0 Å². The first-order valence-corrected chi connectivity index (χ1v) is 2.82. The summed E-state index contributed by atoms with van der Waals surface area (Å²) in [6.07, 6.45) is 1.03. The fourth-order valence-corrected chi connectivity index (χ4v) is 0.286. The number of rotatable bonds is 3. The zero-order valence-corrected chi connectivity index (χ0v) is 5.96. The Labute approximate surface area is 60.3 Å². The van der Waals surface area contributed by atoms with Crippen LogP contribution in [0.5, 0.6) is 0 Å². The van der Waals surface area contributed by atoms with Gasteiger partial charge in [0.2, 0.25) is 0 Å². The maximum atomic E-state index is 10.4. The monoisotopic (exact) mass is 143 g/mol. The molecule has 0 aromatic carbocycles. The van der Waals surface area contributed by atoms with Gasteiger partial charge in [0.25, 0.3) is 0 Å². The largest absolute Gasteiger partial charge is 0.459 e. The van der Waals surface area contributed by atoms with Crippen molar-refractivity contribution in [3.05, 3.63) is 19.6 Å². The average Bonchev–Trinajstić information content (AvgIpc) is 1.81.